The molecule has 7 nitrogen and oxygen atoms in total. The van der Waals surface area contributed by atoms with Crippen molar-refractivity contribution in [2.75, 3.05) is 44.5 Å². The zero-order valence-electron chi connectivity index (χ0n) is 47.7. The zero-order valence-corrected chi connectivity index (χ0v) is 49.4. The van der Waals surface area contributed by atoms with Crippen molar-refractivity contribution in [1.82, 2.24) is 0 Å². The number of hydrogen-bond acceptors (Lipinski definition) is 8. The number of rotatable bonds is 55. The Bertz CT molecular complexity index is 901. The summed E-state index contributed by atoms with van der Waals surface area (Å²) in [5.41, 5.74) is 0. The molecule has 0 bridgehead atoms. The Balaban J connectivity index is 0. The van der Waals surface area contributed by atoms with Crippen molar-refractivity contribution in [2.45, 2.75) is 312 Å². The van der Waals surface area contributed by atoms with Gasteiger partial charge in [-0.1, -0.05) is 267 Å². The second kappa shape index (κ2) is 60.2. The molecular weight excluding hydrogens is 896 g/mol. The number of ether oxygens (including phenoxy) is 2. The van der Waals surface area contributed by atoms with E-state index in [0.717, 1.165) is 82.5 Å². The molecule has 69 heavy (non-hydrogen) atoms. The van der Waals surface area contributed by atoms with Crippen molar-refractivity contribution < 1.29 is 32.6 Å². The summed E-state index contributed by atoms with van der Waals surface area (Å²) in [6.07, 6.45) is 49.9. The molecule has 0 atom stereocenters. The van der Waals surface area contributed by atoms with Gasteiger partial charge in [0.05, 0.1) is 45.9 Å². The van der Waals surface area contributed by atoms with Crippen molar-refractivity contribution in [2.24, 2.45) is 17.8 Å². The predicted octanol–water partition coefficient (Wildman–Crippen LogP) is 20.7. The van der Waals surface area contributed by atoms with E-state index in [4.69, 9.17) is 23.0 Å². The molecular formula is C60H121O7PS. The normalized spacial score (nSPS) is 11.6. The molecule has 0 aliphatic rings. The lowest BCUT2D eigenvalue weighted by molar-refractivity contribution is -0.144. The molecule has 0 aliphatic carbocycles. The number of unbranched alkanes of at least 4 members (excludes halogenated alkanes) is 30. The maximum absolute atomic E-state index is 11.8. The van der Waals surface area contributed by atoms with Gasteiger partial charge in [0.25, 0.3) is 0 Å². The minimum absolute atomic E-state index is 0.114. The summed E-state index contributed by atoms with van der Waals surface area (Å²) in [6.45, 7) is 21.8. The minimum atomic E-state index is -1.17. The van der Waals surface area contributed by atoms with Crippen LogP contribution in [0.15, 0.2) is 0 Å². The van der Waals surface area contributed by atoms with Crippen LogP contribution in [0.4, 0.5) is 0 Å². The van der Waals surface area contributed by atoms with Gasteiger partial charge in [0.1, 0.15) is 0 Å². The molecule has 0 spiro atoms. The van der Waals surface area contributed by atoms with Crippen molar-refractivity contribution in [3.05, 3.63) is 0 Å². The molecule has 414 valence electrons. The van der Waals surface area contributed by atoms with E-state index in [1.165, 1.54) is 199 Å². The number of carbonyl (C=O) groups is 2. The highest BCUT2D eigenvalue weighted by Crippen LogP contribution is 2.40. The zero-order chi connectivity index (χ0) is 50.9. The van der Waals surface area contributed by atoms with Crippen LogP contribution in [0, 0.1) is 17.8 Å². The summed E-state index contributed by atoms with van der Waals surface area (Å²) in [6, 6.07) is 0. The van der Waals surface area contributed by atoms with Gasteiger partial charge in [-0.15, -0.1) is 0 Å². The van der Waals surface area contributed by atoms with E-state index < -0.39 is 8.60 Å². The second-order valence-electron chi connectivity index (χ2n) is 21.5. The smallest absolute Gasteiger partial charge is 0.332 e. The van der Waals surface area contributed by atoms with E-state index >= 15 is 0 Å². The molecule has 0 aromatic carbocycles. The van der Waals surface area contributed by atoms with E-state index in [9.17, 15) is 9.59 Å². The van der Waals surface area contributed by atoms with Crippen LogP contribution >= 0.6 is 20.4 Å². The van der Waals surface area contributed by atoms with Crippen LogP contribution in [0.3, 0.4) is 0 Å². The lowest BCUT2D eigenvalue weighted by Crippen LogP contribution is -2.09. The lowest BCUT2D eigenvalue weighted by Gasteiger charge is -2.17. The van der Waals surface area contributed by atoms with Crippen molar-refractivity contribution >= 4 is 32.3 Å². The predicted molar refractivity (Wildman–Crippen MR) is 305 cm³/mol. The van der Waals surface area contributed by atoms with Crippen molar-refractivity contribution in [1.29, 1.82) is 0 Å². The summed E-state index contributed by atoms with van der Waals surface area (Å²) < 4.78 is 28.8. The quantitative estimate of drug-likeness (QED) is 0.0339. The number of thioether (sulfide) groups is 1. The Kier molecular flexibility index (Phi) is 61.6. The first-order chi connectivity index (χ1) is 33.6. The van der Waals surface area contributed by atoms with E-state index in [1.54, 1.807) is 11.8 Å². The van der Waals surface area contributed by atoms with Crippen molar-refractivity contribution in [3.8, 4) is 0 Å². The molecule has 0 radical (unpaired) electrons. The maximum atomic E-state index is 11.8. The first-order valence-electron chi connectivity index (χ1n) is 30.2. The van der Waals surface area contributed by atoms with Crippen molar-refractivity contribution in [3.63, 3.8) is 0 Å². The average molecular weight is 1020 g/mol. The van der Waals surface area contributed by atoms with E-state index in [0.29, 0.717) is 37.6 Å². The third kappa shape index (κ3) is 65.6. The van der Waals surface area contributed by atoms with Gasteiger partial charge in [0.2, 0.25) is 0 Å². The van der Waals surface area contributed by atoms with E-state index in [-0.39, 0.29) is 11.9 Å². The lowest BCUT2D eigenvalue weighted by atomic mass is 10.0. The molecule has 9 heteroatoms. The van der Waals surface area contributed by atoms with Gasteiger partial charge in [0.15, 0.2) is 0 Å². The van der Waals surface area contributed by atoms with Crippen LogP contribution in [0.5, 0.6) is 0 Å². The van der Waals surface area contributed by atoms with Gasteiger partial charge in [-0.05, 0) is 49.9 Å². The fourth-order valence-corrected chi connectivity index (χ4v) is 10.1. The molecule has 0 aliphatic heterocycles. The average Bonchev–Trinajstić information content (AvgIpc) is 3.32. The molecule has 0 rings (SSSR count). The van der Waals surface area contributed by atoms with Gasteiger partial charge in [-0.2, -0.15) is 11.8 Å². The summed E-state index contributed by atoms with van der Waals surface area (Å²) >= 11 is 1.63. The highest BCUT2D eigenvalue weighted by molar-refractivity contribution is 7.99. The molecule has 0 aromatic rings. The molecule has 0 heterocycles. The first kappa shape index (κ1) is 70.7. The minimum Gasteiger partial charge on any atom is -0.466 e. The Morgan fingerprint density at radius 3 is 0.826 bits per heavy atom. The van der Waals surface area contributed by atoms with Gasteiger partial charge < -0.3 is 23.0 Å². The molecule has 0 aromatic heterocycles. The van der Waals surface area contributed by atoms with Gasteiger partial charge in [-0.25, -0.2) is 0 Å². The highest BCUT2D eigenvalue weighted by atomic mass is 32.2. The fraction of sp³-hybridized carbons (Fsp3) is 0.967. The Morgan fingerprint density at radius 2 is 0.565 bits per heavy atom. The van der Waals surface area contributed by atoms with Crippen LogP contribution < -0.4 is 0 Å². The number of carbonyl (C=O) groups excluding carboxylic acids is 2. The third-order valence-corrected chi connectivity index (χ3v) is 15.0. The largest absolute Gasteiger partial charge is 0.466 e. The van der Waals surface area contributed by atoms with E-state index in [2.05, 4.69) is 55.4 Å². The van der Waals surface area contributed by atoms with Crippen LogP contribution in [0.2, 0.25) is 0 Å². The molecule has 0 saturated carbocycles. The number of esters is 2. The van der Waals surface area contributed by atoms with Gasteiger partial charge in [-0.3, -0.25) is 9.59 Å². The van der Waals surface area contributed by atoms with Gasteiger partial charge in [0, 0.05) is 11.5 Å². The fourth-order valence-electron chi connectivity index (χ4n) is 8.19. The standard InChI is InChI=1S/C30H58O4S.C30H63O3P/c1-3-5-7-9-11-13-15-17-19-21-25-33-29(31)23-27-35-28-24-30(32)34-26-22-20-18-16-14-12-10-8-6-4-2;1-28(2)22-16-10-7-13-19-25-31-34(32-26-20-14-8-11-17-23-29(3)4)33-27-21-15-9-12-18-24-30(5)6/h3-28H2,1-2H3;28-30H,7-27H2,1-6H3. The van der Waals surface area contributed by atoms with Crippen LogP contribution in [-0.2, 0) is 32.6 Å². The Morgan fingerprint density at radius 1 is 0.333 bits per heavy atom. The summed E-state index contributed by atoms with van der Waals surface area (Å²) in [7, 11) is -1.17. The SMILES string of the molecule is CC(C)CCCCCCCOP(OCCCCCCCC(C)C)OCCCCCCCC(C)C.CCCCCCCCCCCCOC(=O)CCSCCC(=O)OCCCCCCCCCCCC. The van der Waals surface area contributed by atoms with E-state index in [1.807, 2.05) is 0 Å². The summed E-state index contributed by atoms with van der Waals surface area (Å²) in [5, 5.41) is 0. The van der Waals surface area contributed by atoms with Crippen LogP contribution in [0.25, 0.3) is 0 Å². The Hall–Kier alpha value is -0.400. The second-order valence-corrected chi connectivity index (χ2v) is 23.9. The topological polar surface area (TPSA) is 80.3 Å². The van der Waals surface area contributed by atoms with Crippen LogP contribution in [-0.4, -0.2) is 56.5 Å². The molecule has 0 fully saturated rings. The number of hydrogen-bond donors (Lipinski definition) is 0. The molecule has 0 N–H and O–H groups in total. The third-order valence-electron chi connectivity index (χ3n) is 12.8. The van der Waals surface area contributed by atoms with Gasteiger partial charge >= 0.3 is 20.5 Å². The monoisotopic (exact) mass is 1020 g/mol. The highest BCUT2D eigenvalue weighted by Gasteiger charge is 2.13. The molecule has 0 saturated heterocycles. The summed E-state index contributed by atoms with van der Waals surface area (Å²) in [4.78, 5) is 23.6. The maximum Gasteiger partial charge on any atom is 0.332 e. The summed E-state index contributed by atoms with van der Waals surface area (Å²) in [5.74, 6) is 3.70. The molecule has 0 amide bonds. The first-order valence-corrected chi connectivity index (χ1v) is 32.4. The van der Waals surface area contributed by atoms with Crippen LogP contribution in [0.1, 0.15) is 312 Å². The molecule has 0 unspecified atom stereocenters. The Labute approximate surface area is 437 Å².